The molecule has 0 aliphatic heterocycles. The van der Waals surface area contributed by atoms with E-state index < -0.39 is 57.9 Å². The van der Waals surface area contributed by atoms with E-state index in [1.54, 1.807) is 6.08 Å². The van der Waals surface area contributed by atoms with Gasteiger partial charge in [0.2, 0.25) is 0 Å². The molecule has 344 valence electrons. The van der Waals surface area contributed by atoms with Crippen molar-refractivity contribution in [1.82, 2.24) is 0 Å². The molecule has 0 aliphatic rings. The zero-order chi connectivity index (χ0) is 43.7. The van der Waals surface area contributed by atoms with Crippen LogP contribution in [-0.2, 0) is 32.7 Å². The molecule has 0 bridgehead atoms. The van der Waals surface area contributed by atoms with E-state index in [1.165, 1.54) is 96.3 Å². The summed E-state index contributed by atoms with van der Waals surface area (Å²) in [5.41, 5.74) is 0. The van der Waals surface area contributed by atoms with Crippen molar-refractivity contribution in [2.24, 2.45) is 5.92 Å². The number of carbonyl (C=O) groups is 2. The smallest absolute Gasteiger partial charge is 0.462 e. The van der Waals surface area contributed by atoms with Crippen LogP contribution in [0.1, 0.15) is 188 Å². The Kier molecular flexibility index (Phi) is 39.8. The third kappa shape index (κ3) is 41.0. The first kappa shape index (κ1) is 56.9. The molecule has 0 saturated heterocycles. The number of phosphoric ester groups is 1. The van der Waals surface area contributed by atoms with Crippen LogP contribution in [0.3, 0.4) is 0 Å². The van der Waals surface area contributed by atoms with Crippen LogP contribution in [0.2, 0.25) is 0 Å². The summed E-state index contributed by atoms with van der Waals surface area (Å²) in [6.45, 7) is 4.58. The zero-order valence-electron chi connectivity index (χ0n) is 37.2. The van der Waals surface area contributed by atoms with Gasteiger partial charge < -0.3 is 29.7 Å². The number of hydrogen-bond acceptors (Lipinski definition) is 10. The quantitative estimate of drug-likeness (QED) is 0.0151. The van der Waals surface area contributed by atoms with Gasteiger partial charge in [0.1, 0.15) is 12.7 Å². The van der Waals surface area contributed by atoms with Crippen LogP contribution in [0.5, 0.6) is 0 Å². The summed E-state index contributed by atoms with van der Waals surface area (Å²) in [5, 5.41) is 28.4. The molecule has 11 nitrogen and oxygen atoms in total. The molecular weight excluding hydrogens is 771 g/mol. The highest BCUT2D eigenvalue weighted by atomic mass is 31.2. The van der Waals surface area contributed by atoms with Crippen molar-refractivity contribution < 1.29 is 52.9 Å². The molecule has 4 N–H and O–H groups in total. The van der Waals surface area contributed by atoms with Crippen LogP contribution in [0.15, 0.2) is 48.6 Å². The fraction of sp³-hybridized carbons (Fsp3) is 0.787. The maximum Gasteiger partial charge on any atom is 0.472 e. The van der Waals surface area contributed by atoms with Crippen molar-refractivity contribution in [3.8, 4) is 0 Å². The predicted octanol–water partition coefficient (Wildman–Crippen LogP) is 11.3. The first-order valence-electron chi connectivity index (χ1n) is 23.1. The minimum atomic E-state index is -4.65. The van der Waals surface area contributed by atoms with Crippen LogP contribution in [0.25, 0.3) is 0 Å². The van der Waals surface area contributed by atoms with Gasteiger partial charge in [0.15, 0.2) is 6.10 Å². The van der Waals surface area contributed by atoms with Crippen LogP contribution >= 0.6 is 7.82 Å². The number of allylic oxidation sites excluding steroid dienone is 6. The number of ether oxygens (including phenoxy) is 2. The third-order valence-corrected chi connectivity index (χ3v) is 11.1. The second-order valence-electron chi connectivity index (χ2n) is 15.9. The van der Waals surface area contributed by atoms with Crippen LogP contribution in [-0.4, -0.2) is 76.9 Å². The van der Waals surface area contributed by atoms with Crippen molar-refractivity contribution in [2.45, 2.75) is 206 Å². The number of unbranched alkanes of at least 4 members (excludes halogenated alkanes) is 17. The molecule has 0 aliphatic carbocycles. The molecule has 0 radical (unpaired) electrons. The van der Waals surface area contributed by atoms with Crippen molar-refractivity contribution >= 4 is 19.8 Å². The number of carbonyl (C=O) groups excluding carboxylic acids is 2. The molecule has 0 rings (SSSR count). The van der Waals surface area contributed by atoms with Crippen molar-refractivity contribution in [1.29, 1.82) is 0 Å². The highest BCUT2D eigenvalue weighted by molar-refractivity contribution is 7.47. The first-order chi connectivity index (χ1) is 28.5. The minimum absolute atomic E-state index is 0.134. The lowest BCUT2D eigenvalue weighted by molar-refractivity contribution is -0.161. The van der Waals surface area contributed by atoms with Gasteiger partial charge in [-0.15, -0.1) is 0 Å². The molecule has 12 heteroatoms. The Hall–Kier alpha value is -2.11. The summed E-state index contributed by atoms with van der Waals surface area (Å²) >= 11 is 0. The lowest BCUT2D eigenvalue weighted by Crippen LogP contribution is -2.29. The van der Waals surface area contributed by atoms with Crippen LogP contribution in [0.4, 0.5) is 0 Å². The second-order valence-corrected chi connectivity index (χ2v) is 17.3. The molecule has 0 heterocycles. The van der Waals surface area contributed by atoms with Gasteiger partial charge in [-0.05, 0) is 50.9 Å². The van der Waals surface area contributed by atoms with E-state index in [2.05, 4.69) is 31.4 Å². The van der Waals surface area contributed by atoms with Gasteiger partial charge >= 0.3 is 19.8 Å². The molecule has 0 spiro atoms. The maximum atomic E-state index is 12.6. The Labute approximate surface area is 358 Å². The normalized spacial score (nSPS) is 15.3. The first-order valence-corrected chi connectivity index (χ1v) is 24.6. The summed E-state index contributed by atoms with van der Waals surface area (Å²) in [6.07, 6.45) is 39.6. The third-order valence-electron chi connectivity index (χ3n) is 10.1. The Balaban J connectivity index is 4.40. The number of rotatable bonds is 42. The molecule has 0 saturated carbocycles. The van der Waals surface area contributed by atoms with Crippen LogP contribution in [0, 0.1) is 5.92 Å². The molecule has 2 unspecified atom stereocenters. The molecular formula is C47H85O11P. The van der Waals surface area contributed by atoms with Gasteiger partial charge in [0.05, 0.1) is 25.9 Å². The van der Waals surface area contributed by atoms with Gasteiger partial charge in [0, 0.05) is 12.8 Å². The van der Waals surface area contributed by atoms with Crippen molar-refractivity contribution in [2.75, 3.05) is 26.4 Å². The Morgan fingerprint density at radius 3 is 1.85 bits per heavy atom. The highest BCUT2D eigenvalue weighted by Crippen LogP contribution is 2.43. The monoisotopic (exact) mass is 857 g/mol. The van der Waals surface area contributed by atoms with E-state index in [-0.39, 0.29) is 19.4 Å². The molecule has 5 atom stereocenters. The average molecular weight is 857 g/mol. The van der Waals surface area contributed by atoms with E-state index in [1.807, 2.05) is 36.5 Å². The molecule has 59 heavy (non-hydrogen) atoms. The zero-order valence-corrected chi connectivity index (χ0v) is 38.1. The summed E-state index contributed by atoms with van der Waals surface area (Å²) < 4.78 is 32.7. The molecule has 0 amide bonds. The lowest BCUT2D eigenvalue weighted by atomic mass is 9.99. The summed E-state index contributed by atoms with van der Waals surface area (Å²) in [5.74, 6) is -0.161. The fourth-order valence-electron chi connectivity index (χ4n) is 6.10. The topological polar surface area (TPSA) is 169 Å². The predicted molar refractivity (Wildman–Crippen MR) is 239 cm³/mol. The van der Waals surface area contributed by atoms with E-state index in [4.69, 9.17) is 19.1 Å². The highest BCUT2D eigenvalue weighted by Gasteiger charge is 2.27. The lowest BCUT2D eigenvalue weighted by Gasteiger charge is -2.20. The number of esters is 2. The molecule has 0 aromatic carbocycles. The van der Waals surface area contributed by atoms with E-state index in [0.717, 1.165) is 31.6 Å². The largest absolute Gasteiger partial charge is 0.472 e. The second kappa shape index (κ2) is 41.3. The fourth-order valence-corrected chi connectivity index (χ4v) is 6.89. The summed E-state index contributed by atoms with van der Waals surface area (Å²) in [7, 11) is -4.65. The minimum Gasteiger partial charge on any atom is -0.462 e. The van der Waals surface area contributed by atoms with Gasteiger partial charge in [-0.25, -0.2) is 4.57 Å². The standard InChI is InChI=1S/C47H85O11P/c1-4-6-7-8-24-29-34-43(49)35-30-25-20-17-18-21-26-31-36-46(51)55-40-45(41-57-59(53,54)56-39-44(50)38-48)58-47(52)37-32-27-22-16-14-12-10-9-11-13-15-19-23-28-33-42(3)5-2/h18,20-21,24-25,29-30,35,42-45,48-50H,4-17,19,22-23,26-28,31-34,36-41H2,1-3H3,(H,53,54)/b21-18-,25-20-,29-24-,35-30+/t42?,43-,44+,45-/m1/s1. The SMILES string of the molecule is CCCCC/C=C\C[C@@H](O)/C=C/C=C\C/C=C\CCCC(=O)OC[C@H](COP(=O)(O)OC[C@@H](O)CO)OC(=O)CCCCCCCCCCCCCCCCC(C)CC. The summed E-state index contributed by atoms with van der Waals surface area (Å²) in [6, 6.07) is 0. The van der Waals surface area contributed by atoms with E-state index >= 15 is 0 Å². The average Bonchev–Trinajstić information content (AvgIpc) is 3.22. The van der Waals surface area contributed by atoms with Gasteiger partial charge in [0.25, 0.3) is 0 Å². The van der Waals surface area contributed by atoms with E-state index in [0.29, 0.717) is 32.1 Å². The van der Waals surface area contributed by atoms with Gasteiger partial charge in [-0.1, -0.05) is 179 Å². The number of aliphatic hydroxyl groups excluding tert-OH is 3. The molecule has 0 aromatic rings. The summed E-state index contributed by atoms with van der Waals surface area (Å²) in [4.78, 5) is 35.0. The Bertz CT molecular complexity index is 1150. The van der Waals surface area contributed by atoms with E-state index in [9.17, 15) is 29.3 Å². The molecule has 0 fully saturated rings. The van der Waals surface area contributed by atoms with Crippen LogP contribution < -0.4 is 0 Å². The van der Waals surface area contributed by atoms with Gasteiger partial charge in [-0.3, -0.25) is 18.6 Å². The number of aliphatic hydroxyl groups is 3. The number of hydrogen-bond donors (Lipinski definition) is 4. The maximum absolute atomic E-state index is 12.6. The Morgan fingerprint density at radius 2 is 1.22 bits per heavy atom. The Morgan fingerprint density at radius 1 is 0.644 bits per heavy atom. The molecule has 0 aromatic heterocycles. The van der Waals surface area contributed by atoms with Crippen molar-refractivity contribution in [3.63, 3.8) is 0 Å². The van der Waals surface area contributed by atoms with Crippen molar-refractivity contribution in [3.05, 3.63) is 48.6 Å². The number of phosphoric acid groups is 1. The van der Waals surface area contributed by atoms with Gasteiger partial charge in [-0.2, -0.15) is 0 Å².